The first-order valence-corrected chi connectivity index (χ1v) is 15.5. The molecule has 2 fully saturated rings. The van der Waals surface area contributed by atoms with Gasteiger partial charge < -0.3 is 10.1 Å². The number of alkyl halides is 3. The maximum absolute atomic E-state index is 13.7. The number of hydrogen-bond acceptors (Lipinski definition) is 6. The summed E-state index contributed by atoms with van der Waals surface area (Å²) >= 11 is 0. The second kappa shape index (κ2) is 11.7. The fourth-order valence-electron chi connectivity index (χ4n) is 6.06. The number of carbonyl (C=O) groups excluding carboxylic acids is 1. The average molecular weight is 580 g/mol. The summed E-state index contributed by atoms with van der Waals surface area (Å²) in [5.74, 6) is 0.241. The molecule has 2 saturated heterocycles. The van der Waals surface area contributed by atoms with Crippen LogP contribution >= 0.6 is 0 Å². The molecule has 11 heteroatoms. The third kappa shape index (κ3) is 6.16. The van der Waals surface area contributed by atoms with Crippen molar-refractivity contribution in [1.82, 2.24) is 15.5 Å². The molecule has 2 N–H and O–H groups in total. The lowest BCUT2D eigenvalue weighted by Gasteiger charge is -2.31. The summed E-state index contributed by atoms with van der Waals surface area (Å²) < 4.78 is 73.1. The summed E-state index contributed by atoms with van der Waals surface area (Å²) in [5, 5.41) is 5.93. The summed E-state index contributed by atoms with van der Waals surface area (Å²) in [6.07, 6.45) is 1.02. The summed E-state index contributed by atoms with van der Waals surface area (Å²) in [6.45, 7) is 3.77. The van der Waals surface area contributed by atoms with Crippen LogP contribution in [0.3, 0.4) is 0 Å². The highest BCUT2D eigenvalue weighted by molar-refractivity contribution is 7.92. The number of amides is 1. The van der Waals surface area contributed by atoms with Crippen LogP contribution in [0.5, 0.6) is 5.75 Å². The van der Waals surface area contributed by atoms with E-state index in [2.05, 4.69) is 21.6 Å². The van der Waals surface area contributed by atoms with Crippen molar-refractivity contribution in [1.29, 1.82) is 0 Å². The zero-order valence-corrected chi connectivity index (χ0v) is 23.3. The van der Waals surface area contributed by atoms with Crippen LogP contribution in [-0.4, -0.2) is 50.3 Å². The average Bonchev–Trinajstić information content (AvgIpc) is 3.25. The first kappa shape index (κ1) is 28.9. The second-order valence-electron chi connectivity index (χ2n) is 11.1. The predicted octanol–water partition coefficient (Wildman–Crippen LogP) is 4.96. The Morgan fingerprint density at radius 3 is 2.55 bits per heavy atom. The fourth-order valence-corrected chi connectivity index (χ4v) is 8.08. The van der Waals surface area contributed by atoms with Crippen molar-refractivity contribution in [2.75, 3.05) is 26.2 Å². The molecule has 40 heavy (non-hydrogen) atoms. The Bertz CT molecular complexity index is 1320. The predicted molar refractivity (Wildman–Crippen MR) is 144 cm³/mol. The van der Waals surface area contributed by atoms with E-state index in [9.17, 15) is 26.4 Å². The van der Waals surface area contributed by atoms with Gasteiger partial charge in [-0.05, 0) is 75.1 Å². The molecule has 0 bridgehead atoms. The highest BCUT2D eigenvalue weighted by atomic mass is 32.2. The van der Waals surface area contributed by atoms with E-state index in [4.69, 9.17) is 4.74 Å². The minimum absolute atomic E-state index is 0.128. The summed E-state index contributed by atoms with van der Waals surface area (Å²) in [7, 11) is -4.30. The molecule has 2 atom stereocenters. The van der Waals surface area contributed by atoms with Crippen LogP contribution < -0.4 is 15.4 Å². The Kier molecular flexibility index (Phi) is 8.45. The fraction of sp³-hybridized carbons (Fsp3) is 0.552. The van der Waals surface area contributed by atoms with Gasteiger partial charge in [0, 0.05) is 18.5 Å². The summed E-state index contributed by atoms with van der Waals surface area (Å²) in [5.41, 5.74) is 0.947. The van der Waals surface area contributed by atoms with Gasteiger partial charge in [0.1, 0.15) is 10.6 Å². The molecule has 0 unspecified atom stereocenters. The largest absolute Gasteiger partial charge is 0.493 e. The molecule has 3 aliphatic rings. The molecule has 3 heterocycles. The molecule has 0 aliphatic carbocycles. The Morgan fingerprint density at radius 2 is 1.85 bits per heavy atom. The van der Waals surface area contributed by atoms with E-state index in [-0.39, 0.29) is 12.5 Å². The van der Waals surface area contributed by atoms with Crippen molar-refractivity contribution in [2.45, 2.75) is 79.9 Å². The Balaban J connectivity index is 1.31. The van der Waals surface area contributed by atoms with Crippen molar-refractivity contribution in [3.05, 3.63) is 59.2 Å². The van der Waals surface area contributed by atoms with Gasteiger partial charge in [0.2, 0.25) is 5.91 Å². The van der Waals surface area contributed by atoms with Crippen LogP contribution in [0, 0.1) is 0 Å². The van der Waals surface area contributed by atoms with E-state index in [1.54, 1.807) is 0 Å². The second-order valence-corrected chi connectivity index (χ2v) is 13.3. The number of sulfone groups is 1. The number of carbonyl (C=O) groups is 1. The number of ether oxygens (including phenoxy) is 1. The van der Waals surface area contributed by atoms with E-state index in [0.717, 1.165) is 49.0 Å². The van der Waals surface area contributed by atoms with E-state index in [1.807, 2.05) is 12.1 Å². The van der Waals surface area contributed by atoms with Gasteiger partial charge >= 0.3 is 6.18 Å². The number of fused-ring (bicyclic) bond motifs is 1. The van der Waals surface area contributed by atoms with Gasteiger partial charge in [0.25, 0.3) is 0 Å². The first-order chi connectivity index (χ1) is 19.1. The smallest absolute Gasteiger partial charge is 0.416 e. The Hall–Kier alpha value is -2.63. The van der Waals surface area contributed by atoms with Crippen LogP contribution in [0.1, 0.15) is 74.1 Å². The minimum Gasteiger partial charge on any atom is -0.493 e. The van der Waals surface area contributed by atoms with Gasteiger partial charge in [-0.15, -0.1) is 0 Å². The molecule has 2 aromatic rings. The van der Waals surface area contributed by atoms with Gasteiger partial charge in [0.05, 0.1) is 29.5 Å². The van der Waals surface area contributed by atoms with Gasteiger partial charge in [-0.2, -0.15) is 13.2 Å². The molecule has 5 rings (SSSR count). The van der Waals surface area contributed by atoms with Crippen molar-refractivity contribution in [2.24, 2.45) is 0 Å². The maximum Gasteiger partial charge on any atom is 0.416 e. The molecule has 7 nitrogen and oxygen atoms in total. The van der Waals surface area contributed by atoms with Gasteiger partial charge in [-0.3, -0.25) is 15.0 Å². The lowest BCUT2D eigenvalue weighted by atomic mass is 9.98. The third-order valence-electron chi connectivity index (χ3n) is 8.19. The van der Waals surface area contributed by atoms with Gasteiger partial charge in [-0.25, -0.2) is 8.42 Å². The van der Waals surface area contributed by atoms with Crippen molar-refractivity contribution in [3.63, 3.8) is 0 Å². The summed E-state index contributed by atoms with van der Waals surface area (Å²) in [4.78, 5) is 13.6. The number of rotatable bonds is 7. The zero-order valence-electron chi connectivity index (χ0n) is 22.4. The Labute approximate surface area is 233 Å². The normalized spacial score (nSPS) is 24.1. The molecule has 218 valence electrons. The summed E-state index contributed by atoms with van der Waals surface area (Å²) in [6, 6.07) is 9.41. The van der Waals surface area contributed by atoms with Gasteiger partial charge in [-0.1, -0.05) is 31.0 Å². The molecular weight excluding hydrogens is 543 g/mol. The number of nitrogens with zero attached hydrogens (tertiary/aromatic N) is 1. The van der Waals surface area contributed by atoms with Gasteiger partial charge in [0.15, 0.2) is 9.84 Å². The molecule has 3 aliphatic heterocycles. The lowest BCUT2D eigenvalue weighted by Crippen LogP contribution is -2.51. The van der Waals surface area contributed by atoms with Crippen molar-refractivity contribution in [3.8, 4) is 5.75 Å². The van der Waals surface area contributed by atoms with Crippen LogP contribution in [0.2, 0.25) is 0 Å². The van der Waals surface area contributed by atoms with E-state index >= 15 is 0 Å². The topological polar surface area (TPSA) is 87.7 Å². The first-order valence-electron chi connectivity index (χ1n) is 14.0. The number of hydrogen-bond donors (Lipinski definition) is 2. The van der Waals surface area contributed by atoms with E-state index in [1.165, 1.54) is 25.7 Å². The monoisotopic (exact) mass is 579 g/mol. The number of likely N-dealkylation sites (tertiary alicyclic amines) is 1. The highest BCUT2D eigenvalue weighted by Gasteiger charge is 2.49. The molecule has 2 aromatic carbocycles. The van der Waals surface area contributed by atoms with Crippen LogP contribution in [0.15, 0.2) is 47.4 Å². The minimum atomic E-state index is -4.68. The maximum atomic E-state index is 13.7. The number of benzene rings is 2. The van der Waals surface area contributed by atoms with E-state index in [0.29, 0.717) is 37.8 Å². The van der Waals surface area contributed by atoms with Crippen molar-refractivity contribution < 1.29 is 31.1 Å². The molecule has 0 radical (unpaired) electrons. The lowest BCUT2D eigenvalue weighted by molar-refractivity contribution is -0.137. The molecule has 1 amide bonds. The number of nitrogens with one attached hydrogen (secondary N) is 2. The molecule has 0 aromatic heterocycles. The highest BCUT2D eigenvalue weighted by Crippen LogP contribution is 2.38. The van der Waals surface area contributed by atoms with Crippen LogP contribution in [-0.2, 0) is 27.4 Å². The zero-order chi connectivity index (χ0) is 28.4. The van der Waals surface area contributed by atoms with Crippen molar-refractivity contribution >= 4 is 15.7 Å². The quantitative estimate of drug-likeness (QED) is 0.482. The van der Waals surface area contributed by atoms with Crippen LogP contribution in [0.4, 0.5) is 13.2 Å². The third-order valence-corrected chi connectivity index (χ3v) is 10.6. The molecule has 0 spiro atoms. The van der Waals surface area contributed by atoms with Crippen LogP contribution in [0.25, 0.3) is 0 Å². The standard InChI is InChI=1S/C29H36F3N3O4S/c30-29(31,32)22-7-5-8-23(18-22)40(37,38)28(12-6-13-33-28)19-27(36)34-25-11-16-39-26-17-21(9-10-24(25)26)20-35-14-3-1-2-4-15-35/h5,7-10,17-18,25,33H,1-4,6,11-16,19-20H2,(H,34,36)/t25-,28+/m1/s1. The molecular formula is C29H36F3N3O4S. The Morgan fingerprint density at radius 1 is 1.07 bits per heavy atom. The number of halogens is 3. The SMILES string of the molecule is O=C(C[C@@]1(S(=O)(=O)c2cccc(C(F)(F)F)c2)CCCN1)N[C@@H]1CCOc2cc(CN3CCCCCC3)ccc21. The molecule has 0 saturated carbocycles. The van der Waals surface area contributed by atoms with E-state index < -0.39 is 43.7 Å².